The molecule has 2 fully saturated rings. The van der Waals surface area contributed by atoms with Gasteiger partial charge in [0.2, 0.25) is 5.91 Å². The van der Waals surface area contributed by atoms with E-state index in [1.54, 1.807) is 0 Å². The summed E-state index contributed by atoms with van der Waals surface area (Å²) in [6, 6.07) is 0.0120. The highest BCUT2D eigenvalue weighted by Gasteiger charge is 2.39. The zero-order valence-electron chi connectivity index (χ0n) is 12.5. The fourth-order valence-corrected chi connectivity index (χ4v) is 3.13. The van der Waals surface area contributed by atoms with Gasteiger partial charge in [-0.3, -0.25) is 10.1 Å². The van der Waals surface area contributed by atoms with E-state index in [4.69, 9.17) is 4.74 Å². The Kier molecular flexibility index (Phi) is 5.22. The molecule has 0 aliphatic carbocycles. The third-order valence-electron chi connectivity index (χ3n) is 4.04. The fourth-order valence-electron chi connectivity index (χ4n) is 3.13. The Labute approximate surface area is 116 Å². The average Bonchev–Trinajstić information content (AvgIpc) is 2.94. The van der Waals surface area contributed by atoms with E-state index < -0.39 is 0 Å². The van der Waals surface area contributed by atoms with E-state index in [0.717, 1.165) is 45.3 Å². The largest absolute Gasteiger partial charge is 0.376 e. The Balaban J connectivity index is 1.97. The van der Waals surface area contributed by atoms with Gasteiger partial charge in [-0.15, -0.1) is 0 Å². The van der Waals surface area contributed by atoms with Crippen LogP contribution in [0.3, 0.4) is 0 Å². The number of hydrogen-bond donors (Lipinski definition) is 1. The number of carbonyl (C=O) groups excluding carboxylic acids is 1. The summed E-state index contributed by atoms with van der Waals surface area (Å²) in [5.74, 6) is 0.828. The van der Waals surface area contributed by atoms with E-state index in [2.05, 4.69) is 26.1 Å². The monoisotopic (exact) mass is 268 g/mol. The minimum Gasteiger partial charge on any atom is -0.376 e. The lowest BCUT2D eigenvalue weighted by Crippen LogP contribution is -2.41. The molecule has 0 aromatic heterocycles. The van der Waals surface area contributed by atoms with E-state index >= 15 is 0 Å². The molecule has 2 aliphatic rings. The molecule has 19 heavy (non-hydrogen) atoms. The summed E-state index contributed by atoms with van der Waals surface area (Å²) in [5.41, 5.74) is 0. The molecule has 0 aromatic carbocycles. The first-order valence-corrected chi connectivity index (χ1v) is 7.80. The highest BCUT2D eigenvalue weighted by molar-refractivity contribution is 5.84. The Morgan fingerprint density at radius 3 is 2.84 bits per heavy atom. The van der Waals surface area contributed by atoms with Gasteiger partial charge >= 0.3 is 0 Å². The van der Waals surface area contributed by atoms with Gasteiger partial charge in [0.1, 0.15) is 0 Å². The second-order valence-electron chi connectivity index (χ2n) is 6.28. The van der Waals surface area contributed by atoms with Gasteiger partial charge in [0.05, 0.1) is 18.3 Å². The number of nitrogens with zero attached hydrogens (tertiary/aromatic N) is 1. The first kappa shape index (κ1) is 14.8. The molecule has 2 rings (SSSR count). The maximum absolute atomic E-state index is 12.5. The molecule has 0 aromatic rings. The standard InChI is InChI=1S/C15H28N2O2/c1-4-6-14-16-13(9-11(2)3)15(18)17(14)10-12-7-5-8-19-12/h11-14,16H,4-10H2,1-3H3. The number of amides is 1. The van der Waals surface area contributed by atoms with Gasteiger partial charge in [0.25, 0.3) is 0 Å². The molecule has 2 heterocycles. The van der Waals surface area contributed by atoms with Crippen LogP contribution in [0.1, 0.15) is 52.9 Å². The Bertz CT molecular complexity index is 301. The normalized spacial score (nSPS) is 31.7. The molecular formula is C15H28N2O2. The molecule has 2 saturated heterocycles. The topological polar surface area (TPSA) is 41.6 Å². The molecule has 1 amide bonds. The first-order chi connectivity index (χ1) is 9.11. The lowest BCUT2D eigenvalue weighted by Gasteiger charge is -2.26. The molecule has 110 valence electrons. The van der Waals surface area contributed by atoms with Crippen molar-refractivity contribution >= 4 is 5.91 Å². The molecule has 3 unspecified atom stereocenters. The average molecular weight is 268 g/mol. The predicted octanol–water partition coefficient (Wildman–Crippen LogP) is 2.14. The predicted molar refractivity (Wildman–Crippen MR) is 75.8 cm³/mol. The zero-order chi connectivity index (χ0) is 13.8. The molecule has 2 aliphatic heterocycles. The number of hydrogen-bond acceptors (Lipinski definition) is 3. The van der Waals surface area contributed by atoms with Gasteiger partial charge in [-0.2, -0.15) is 0 Å². The smallest absolute Gasteiger partial charge is 0.241 e. The van der Waals surface area contributed by atoms with Gasteiger partial charge < -0.3 is 9.64 Å². The minimum atomic E-state index is 0.0120. The van der Waals surface area contributed by atoms with Crippen molar-refractivity contribution in [3.8, 4) is 0 Å². The van der Waals surface area contributed by atoms with Crippen LogP contribution in [-0.4, -0.2) is 42.3 Å². The molecule has 3 atom stereocenters. The van der Waals surface area contributed by atoms with E-state index in [9.17, 15) is 4.79 Å². The first-order valence-electron chi connectivity index (χ1n) is 7.80. The molecule has 0 bridgehead atoms. The third kappa shape index (κ3) is 3.69. The van der Waals surface area contributed by atoms with Crippen LogP contribution in [0.15, 0.2) is 0 Å². The number of rotatable bonds is 6. The van der Waals surface area contributed by atoms with Crippen LogP contribution in [0.25, 0.3) is 0 Å². The summed E-state index contributed by atoms with van der Waals surface area (Å²) in [6.07, 6.45) is 5.76. The lowest BCUT2D eigenvalue weighted by atomic mass is 10.0. The van der Waals surface area contributed by atoms with Gasteiger partial charge in [0.15, 0.2) is 0 Å². The number of nitrogens with one attached hydrogen (secondary N) is 1. The second kappa shape index (κ2) is 6.71. The summed E-state index contributed by atoms with van der Waals surface area (Å²) < 4.78 is 5.68. The zero-order valence-corrected chi connectivity index (χ0v) is 12.5. The Hall–Kier alpha value is -0.610. The maximum atomic E-state index is 12.5. The molecular weight excluding hydrogens is 240 g/mol. The van der Waals surface area contributed by atoms with Crippen molar-refractivity contribution in [1.82, 2.24) is 10.2 Å². The molecule has 4 heteroatoms. The van der Waals surface area contributed by atoms with E-state index in [0.29, 0.717) is 5.92 Å². The van der Waals surface area contributed by atoms with Crippen molar-refractivity contribution in [3.63, 3.8) is 0 Å². The van der Waals surface area contributed by atoms with Crippen molar-refractivity contribution < 1.29 is 9.53 Å². The highest BCUT2D eigenvalue weighted by atomic mass is 16.5. The second-order valence-corrected chi connectivity index (χ2v) is 6.28. The molecule has 4 nitrogen and oxygen atoms in total. The maximum Gasteiger partial charge on any atom is 0.241 e. The number of carbonyl (C=O) groups is 1. The van der Waals surface area contributed by atoms with Crippen LogP contribution in [0.5, 0.6) is 0 Å². The molecule has 0 radical (unpaired) electrons. The van der Waals surface area contributed by atoms with Crippen LogP contribution >= 0.6 is 0 Å². The van der Waals surface area contributed by atoms with E-state index in [1.165, 1.54) is 0 Å². The fraction of sp³-hybridized carbons (Fsp3) is 0.933. The van der Waals surface area contributed by atoms with Crippen LogP contribution in [-0.2, 0) is 9.53 Å². The van der Waals surface area contributed by atoms with Crippen LogP contribution in [0.4, 0.5) is 0 Å². The SMILES string of the molecule is CCCC1NC(CC(C)C)C(=O)N1CC1CCCO1. The van der Waals surface area contributed by atoms with Crippen molar-refractivity contribution in [1.29, 1.82) is 0 Å². The third-order valence-corrected chi connectivity index (χ3v) is 4.04. The van der Waals surface area contributed by atoms with Crippen molar-refractivity contribution in [2.24, 2.45) is 5.92 Å². The summed E-state index contributed by atoms with van der Waals surface area (Å²) in [7, 11) is 0. The molecule has 1 N–H and O–H groups in total. The van der Waals surface area contributed by atoms with E-state index in [-0.39, 0.29) is 24.2 Å². The summed E-state index contributed by atoms with van der Waals surface area (Å²) in [6.45, 7) is 8.14. The Morgan fingerprint density at radius 2 is 2.26 bits per heavy atom. The summed E-state index contributed by atoms with van der Waals surface area (Å²) in [5, 5.41) is 3.52. The van der Waals surface area contributed by atoms with Gasteiger partial charge in [-0.1, -0.05) is 27.2 Å². The van der Waals surface area contributed by atoms with Crippen LogP contribution < -0.4 is 5.32 Å². The molecule has 0 saturated carbocycles. The minimum absolute atomic E-state index is 0.0120. The lowest BCUT2D eigenvalue weighted by molar-refractivity contribution is -0.131. The highest BCUT2D eigenvalue weighted by Crippen LogP contribution is 2.22. The van der Waals surface area contributed by atoms with Crippen molar-refractivity contribution in [3.05, 3.63) is 0 Å². The van der Waals surface area contributed by atoms with E-state index in [1.807, 2.05) is 4.90 Å². The molecule has 0 spiro atoms. The van der Waals surface area contributed by atoms with Gasteiger partial charge in [-0.05, 0) is 31.6 Å². The number of ether oxygens (including phenoxy) is 1. The van der Waals surface area contributed by atoms with Crippen LogP contribution in [0, 0.1) is 5.92 Å². The van der Waals surface area contributed by atoms with Crippen molar-refractivity contribution in [2.45, 2.75) is 71.2 Å². The van der Waals surface area contributed by atoms with Crippen LogP contribution in [0.2, 0.25) is 0 Å². The Morgan fingerprint density at radius 1 is 1.47 bits per heavy atom. The summed E-state index contributed by atoms with van der Waals surface area (Å²) in [4.78, 5) is 14.6. The van der Waals surface area contributed by atoms with Gasteiger partial charge in [0, 0.05) is 13.2 Å². The quantitative estimate of drug-likeness (QED) is 0.802. The summed E-state index contributed by atoms with van der Waals surface area (Å²) >= 11 is 0. The van der Waals surface area contributed by atoms with Gasteiger partial charge in [-0.25, -0.2) is 0 Å². The van der Waals surface area contributed by atoms with Crippen molar-refractivity contribution in [2.75, 3.05) is 13.2 Å².